The quantitative estimate of drug-likeness (QED) is 0.862. The van der Waals surface area contributed by atoms with Gasteiger partial charge in [-0.3, -0.25) is 0 Å². The van der Waals surface area contributed by atoms with Crippen LogP contribution >= 0.6 is 0 Å². The van der Waals surface area contributed by atoms with Crippen LogP contribution in [-0.4, -0.2) is 14.0 Å². The highest BCUT2D eigenvalue weighted by atomic mass is 32.2. The summed E-state index contributed by atoms with van der Waals surface area (Å²) < 4.78 is 65.0. The van der Waals surface area contributed by atoms with Crippen molar-refractivity contribution in [2.24, 2.45) is 0 Å². The highest BCUT2D eigenvalue weighted by molar-refractivity contribution is 7.89. The monoisotopic (exact) mass is 281 g/mol. The minimum Gasteiger partial charge on any atom is -0.207 e. The Labute approximate surface area is 104 Å². The predicted molar refractivity (Wildman–Crippen MR) is 61.0 cm³/mol. The molecule has 0 fully saturated rings. The first-order chi connectivity index (χ1) is 8.09. The van der Waals surface area contributed by atoms with E-state index in [2.05, 4.69) is 4.72 Å². The van der Waals surface area contributed by atoms with Gasteiger partial charge in [0, 0.05) is 11.6 Å². The van der Waals surface area contributed by atoms with E-state index in [0.29, 0.717) is 12.5 Å². The van der Waals surface area contributed by atoms with Crippen molar-refractivity contribution in [2.45, 2.75) is 37.6 Å². The average molecular weight is 281 g/mol. The molecule has 1 rings (SSSR count). The molecular weight excluding hydrogens is 267 g/mol. The molecule has 0 saturated carbocycles. The van der Waals surface area contributed by atoms with Gasteiger partial charge in [-0.15, -0.1) is 0 Å². The summed E-state index contributed by atoms with van der Waals surface area (Å²) in [5.74, 6) is -4.17. The van der Waals surface area contributed by atoms with Gasteiger partial charge in [0.05, 0.1) is 0 Å². The zero-order valence-electron chi connectivity index (χ0n) is 10.2. The van der Waals surface area contributed by atoms with E-state index in [1.807, 2.05) is 0 Å². The Morgan fingerprint density at radius 2 is 1.61 bits per heavy atom. The Bertz CT molecular complexity index is 556. The van der Waals surface area contributed by atoms with Crippen LogP contribution in [0.4, 0.5) is 13.2 Å². The van der Waals surface area contributed by atoms with Crippen LogP contribution in [0.25, 0.3) is 0 Å². The smallest absolute Gasteiger partial charge is 0.207 e. The van der Waals surface area contributed by atoms with Crippen LogP contribution in [0.3, 0.4) is 0 Å². The molecule has 0 unspecified atom stereocenters. The summed E-state index contributed by atoms with van der Waals surface area (Å²) in [5.41, 5.74) is -0.809. The zero-order chi connectivity index (χ0) is 14.1. The van der Waals surface area contributed by atoms with Crippen molar-refractivity contribution in [3.63, 3.8) is 0 Å². The number of hydrogen-bond donors (Lipinski definition) is 1. The summed E-state index contributed by atoms with van der Waals surface area (Å²) >= 11 is 0. The van der Waals surface area contributed by atoms with Crippen molar-refractivity contribution < 1.29 is 21.6 Å². The molecule has 0 radical (unpaired) electrons. The molecule has 1 aromatic carbocycles. The lowest BCUT2D eigenvalue weighted by molar-refractivity contribution is 0.435. The second-order valence-corrected chi connectivity index (χ2v) is 6.19. The highest BCUT2D eigenvalue weighted by Crippen LogP contribution is 2.21. The fourth-order valence-electron chi connectivity index (χ4n) is 1.20. The van der Waals surface area contributed by atoms with Gasteiger partial charge >= 0.3 is 0 Å². The van der Waals surface area contributed by atoms with Crippen molar-refractivity contribution in [2.75, 3.05) is 0 Å². The number of sulfonamides is 1. The molecule has 3 nitrogen and oxygen atoms in total. The fourth-order valence-corrected chi connectivity index (χ4v) is 2.76. The molecule has 0 amide bonds. The van der Waals surface area contributed by atoms with E-state index in [4.69, 9.17) is 0 Å². The summed E-state index contributed by atoms with van der Waals surface area (Å²) in [6, 6.07) is 0.543. The van der Waals surface area contributed by atoms with E-state index in [-0.39, 0.29) is 6.07 Å². The molecule has 1 aromatic rings. The van der Waals surface area contributed by atoms with Gasteiger partial charge in [-0.05, 0) is 26.3 Å². The third-order valence-corrected chi connectivity index (χ3v) is 4.27. The normalized spacial score (nSPS) is 12.8. The molecule has 102 valence electrons. The Balaban J connectivity index is 3.26. The van der Waals surface area contributed by atoms with Gasteiger partial charge in [0.1, 0.15) is 10.7 Å². The number of rotatable bonds is 4. The van der Waals surface area contributed by atoms with Gasteiger partial charge in [-0.25, -0.2) is 26.3 Å². The van der Waals surface area contributed by atoms with Crippen molar-refractivity contribution in [1.29, 1.82) is 0 Å². The van der Waals surface area contributed by atoms with Crippen molar-refractivity contribution >= 4 is 10.0 Å². The first-order valence-corrected chi connectivity index (χ1v) is 6.76. The predicted octanol–water partition coefficient (Wildman–Crippen LogP) is 2.57. The van der Waals surface area contributed by atoms with Crippen molar-refractivity contribution in [3.05, 3.63) is 29.6 Å². The molecular formula is C11H14F3NO2S. The first-order valence-electron chi connectivity index (χ1n) is 5.27. The van der Waals surface area contributed by atoms with E-state index >= 15 is 0 Å². The maximum absolute atomic E-state index is 13.4. The SMILES string of the molecule is CCC(C)(C)NS(=O)(=O)c1cc(F)c(F)cc1F. The molecule has 0 bridgehead atoms. The summed E-state index contributed by atoms with van der Waals surface area (Å²) in [6.07, 6.45) is 0.456. The second-order valence-electron chi connectivity index (χ2n) is 4.54. The van der Waals surface area contributed by atoms with E-state index in [9.17, 15) is 21.6 Å². The van der Waals surface area contributed by atoms with Crippen LogP contribution in [0.15, 0.2) is 17.0 Å². The fraction of sp³-hybridized carbons (Fsp3) is 0.455. The second kappa shape index (κ2) is 4.89. The number of hydrogen-bond acceptors (Lipinski definition) is 2. The first kappa shape index (κ1) is 15.0. The van der Waals surface area contributed by atoms with Crippen LogP contribution in [0.2, 0.25) is 0 Å². The highest BCUT2D eigenvalue weighted by Gasteiger charge is 2.28. The Morgan fingerprint density at radius 3 is 2.11 bits per heavy atom. The minimum absolute atomic E-state index is 0.211. The van der Waals surface area contributed by atoms with E-state index in [1.165, 1.54) is 0 Å². The van der Waals surface area contributed by atoms with Gasteiger partial charge in [0.2, 0.25) is 10.0 Å². The summed E-state index contributed by atoms with van der Waals surface area (Å²) in [7, 11) is -4.23. The van der Waals surface area contributed by atoms with Crippen LogP contribution < -0.4 is 4.72 Å². The lowest BCUT2D eigenvalue weighted by atomic mass is 10.0. The van der Waals surface area contributed by atoms with Crippen LogP contribution in [-0.2, 0) is 10.0 Å². The van der Waals surface area contributed by atoms with E-state index < -0.39 is 37.9 Å². The van der Waals surface area contributed by atoms with Crippen LogP contribution in [0.1, 0.15) is 27.2 Å². The van der Waals surface area contributed by atoms with Crippen molar-refractivity contribution in [3.8, 4) is 0 Å². The molecule has 0 saturated heterocycles. The van der Waals surface area contributed by atoms with Gasteiger partial charge in [-0.2, -0.15) is 0 Å². The summed E-state index contributed by atoms with van der Waals surface area (Å²) in [6.45, 7) is 4.94. The molecule has 0 aromatic heterocycles. The van der Waals surface area contributed by atoms with Gasteiger partial charge in [0.25, 0.3) is 0 Å². The number of halogens is 3. The summed E-state index contributed by atoms with van der Waals surface area (Å²) in [4.78, 5) is -0.900. The lowest BCUT2D eigenvalue weighted by Crippen LogP contribution is -2.43. The molecule has 18 heavy (non-hydrogen) atoms. The standard InChI is InChI=1S/C11H14F3NO2S/c1-4-11(2,3)15-18(16,17)10-6-8(13)7(12)5-9(10)14/h5-6,15H,4H2,1-3H3. The number of nitrogens with one attached hydrogen (secondary N) is 1. The summed E-state index contributed by atoms with van der Waals surface area (Å²) in [5, 5.41) is 0. The van der Waals surface area contributed by atoms with Gasteiger partial charge in [-0.1, -0.05) is 6.92 Å². The largest absolute Gasteiger partial charge is 0.244 e. The molecule has 0 aliphatic carbocycles. The topological polar surface area (TPSA) is 46.2 Å². The van der Waals surface area contributed by atoms with Gasteiger partial charge in [0.15, 0.2) is 11.6 Å². The van der Waals surface area contributed by atoms with E-state index in [1.54, 1.807) is 20.8 Å². The van der Waals surface area contributed by atoms with E-state index in [0.717, 1.165) is 0 Å². The molecule has 0 atom stereocenters. The number of benzene rings is 1. The molecule has 0 aliphatic heterocycles. The molecule has 0 heterocycles. The molecule has 0 aliphatic rings. The Hall–Kier alpha value is -1.08. The molecule has 7 heteroatoms. The Morgan fingerprint density at radius 1 is 1.11 bits per heavy atom. The zero-order valence-corrected chi connectivity index (χ0v) is 11.0. The maximum atomic E-state index is 13.4. The third kappa shape index (κ3) is 3.23. The van der Waals surface area contributed by atoms with Crippen LogP contribution in [0.5, 0.6) is 0 Å². The maximum Gasteiger partial charge on any atom is 0.244 e. The van der Waals surface area contributed by atoms with Crippen LogP contribution in [0, 0.1) is 17.5 Å². The Kier molecular flexibility index (Phi) is 4.07. The molecule has 1 N–H and O–H groups in total. The minimum atomic E-state index is -4.23. The average Bonchev–Trinajstić information content (AvgIpc) is 2.21. The third-order valence-electron chi connectivity index (χ3n) is 2.56. The van der Waals surface area contributed by atoms with Crippen molar-refractivity contribution in [1.82, 2.24) is 4.72 Å². The van der Waals surface area contributed by atoms with Gasteiger partial charge < -0.3 is 0 Å². The lowest BCUT2D eigenvalue weighted by Gasteiger charge is -2.24. The molecule has 0 spiro atoms.